The van der Waals surface area contributed by atoms with Crippen LogP contribution in [-0.2, 0) is 0 Å². The zero-order valence-corrected chi connectivity index (χ0v) is 12.4. The van der Waals surface area contributed by atoms with Crippen LogP contribution in [0.4, 0.5) is 0 Å². The number of carbonyl (C=O) groups is 1. The number of furan rings is 1. The molecule has 0 radical (unpaired) electrons. The molecule has 0 unspecified atom stereocenters. The molecule has 1 fully saturated rings. The van der Waals surface area contributed by atoms with Crippen molar-refractivity contribution in [3.05, 3.63) is 22.6 Å². The van der Waals surface area contributed by atoms with Crippen molar-refractivity contribution in [1.82, 2.24) is 10.2 Å². The molecule has 0 aliphatic heterocycles. The maximum atomic E-state index is 11.9. The molecule has 1 saturated carbocycles. The zero-order chi connectivity index (χ0) is 13.2. The van der Waals surface area contributed by atoms with Gasteiger partial charge in [-0.2, -0.15) is 0 Å². The normalized spacial score (nSPS) is 18.2. The Balaban J connectivity index is 1.96. The summed E-state index contributed by atoms with van der Waals surface area (Å²) in [5.41, 5.74) is 0.111. The predicted molar refractivity (Wildman–Crippen MR) is 73.6 cm³/mol. The van der Waals surface area contributed by atoms with Gasteiger partial charge in [0.25, 0.3) is 5.91 Å². The number of halogens is 1. The van der Waals surface area contributed by atoms with Crippen molar-refractivity contribution in [2.24, 2.45) is 0 Å². The van der Waals surface area contributed by atoms with Gasteiger partial charge in [-0.05, 0) is 55.0 Å². The van der Waals surface area contributed by atoms with E-state index in [1.54, 1.807) is 12.1 Å². The van der Waals surface area contributed by atoms with E-state index in [1.165, 1.54) is 12.8 Å². The predicted octanol–water partition coefficient (Wildman–Crippen LogP) is 2.65. The number of rotatable bonds is 4. The molecular weight excluding hydrogens is 296 g/mol. The highest BCUT2D eigenvalue weighted by Gasteiger charge is 2.36. The van der Waals surface area contributed by atoms with E-state index >= 15 is 0 Å². The van der Waals surface area contributed by atoms with Crippen LogP contribution >= 0.6 is 15.9 Å². The molecule has 18 heavy (non-hydrogen) atoms. The molecular formula is C13H19BrN2O2. The van der Waals surface area contributed by atoms with E-state index in [0.29, 0.717) is 17.0 Å². The summed E-state index contributed by atoms with van der Waals surface area (Å²) >= 11 is 3.20. The third kappa shape index (κ3) is 2.78. The number of hydrogen-bond donors (Lipinski definition) is 1. The maximum absolute atomic E-state index is 11.9. The van der Waals surface area contributed by atoms with Gasteiger partial charge in [-0.3, -0.25) is 4.79 Å². The first-order valence-electron chi connectivity index (χ1n) is 6.24. The summed E-state index contributed by atoms with van der Waals surface area (Å²) < 4.78 is 5.82. The third-order valence-corrected chi connectivity index (χ3v) is 4.28. The highest BCUT2D eigenvalue weighted by Crippen LogP contribution is 2.33. The van der Waals surface area contributed by atoms with Crippen LogP contribution < -0.4 is 5.32 Å². The van der Waals surface area contributed by atoms with Gasteiger partial charge in [-0.1, -0.05) is 12.8 Å². The van der Waals surface area contributed by atoms with Crippen molar-refractivity contribution in [3.8, 4) is 0 Å². The largest absolute Gasteiger partial charge is 0.444 e. The van der Waals surface area contributed by atoms with E-state index in [0.717, 1.165) is 12.8 Å². The molecule has 100 valence electrons. The molecule has 0 aromatic carbocycles. The molecule has 1 aliphatic rings. The van der Waals surface area contributed by atoms with E-state index < -0.39 is 0 Å². The standard InChI is InChI=1S/C13H19BrN2O2/c1-16(2)13(7-3-4-8-13)9-15-12(17)10-5-6-11(14)18-10/h5-6H,3-4,7-9H2,1-2H3,(H,15,17). The number of amides is 1. The fraction of sp³-hybridized carbons (Fsp3) is 0.615. The Morgan fingerprint density at radius 1 is 1.44 bits per heavy atom. The molecule has 0 bridgehead atoms. The van der Waals surface area contributed by atoms with Gasteiger partial charge in [-0.15, -0.1) is 0 Å². The van der Waals surface area contributed by atoms with Crippen molar-refractivity contribution in [2.45, 2.75) is 31.2 Å². The van der Waals surface area contributed by atoms with Gasteiger partial charge in [-0.25, -0.2) is 0 Å². The van der Waals surface area contributed by atoms with Gasteiger partial charge in [0.2, 0.25) is 0 Å². The average molecular weight is 315 g/mol. The first-order chi connectivity index (χ1) is 8.53. The number of hydrogen-bond acceptors (Lipinski definition) is 3. The number of nitrogens with zero attached hydrogens (tertiary/aromatic N) is 1. The van der Waals surface area contributed by atoms with Crippen LogP contribution in [0.1, 0.15) is 36.2 Å². The first-order valence-corrected chi connectivity index (χ1v) is 7.04. The lowest BCUT2D eigenvalue weighted by Crippen LogP contribution is -2.50. The van der Waals surface area contributed by atoms with Gasteiger partial charge < -0.3 is 14.6 Å². The Morgan fingerprint density at radius 3 is 2.61 bits per heavy atom. The fourth-order valence-electron chi connectivity index (χ4n) is 2.58. The molecule has 4 nitrogen and oxygen atoms in total. The fourth-order valence-corrected chi connectivity index (χ4v) is 2.89. The van der Waals surface area contributed by atoms with Crippen molar-refractivity contribution in [3.63, 3.8) is 0 Å². The van der Waals surface area contributed by atoms with Crippen LogP contribution in [0, 0.1) is 0 Å². The van der Waals surface area contributed by atoms with Crippen molar-refractivity contribution < 1.29 is 9.21 Å². The summed E-state index contributed by atoms with van der Waals surface area (Å²) in [5.74, 6) is 0.211. The highest BCUT2D eigenvalue weighted by atomic mass is 79.9. The van der Waals surface area contributed by atoms with Crippen LogP contribution in [0.5, 0.6) is 0 Å². The SMILES string of the molecule is CN(C)C1(CNC(=O)c2ccc(Br)o2)CCCC1. The van der Waals surface area contributed by atoms with Crippen LogP contribution in [-0.4, -0.2) is 37.0 Å². The lowest BCUT2D eigenvalue weighted by atomic mass is 9.96. The lowest BCUT2D eigenvalue weighted by Gasteiger charge is -2.36. The third-order valence-electron chi connectivity index (χ3n) is 3.86. The second kappa shape index (κ2) is 5.45. The van der Waals surface area contributed by atoms with Crippen molar-refractivity contribution in [2.75, 3.05) is 20.6 Å². The Hall–Kier alpha value is -0.810. The Morgan fingerprint density at radius 2 is 2.11 bits per heavy atom. The van der Waals surface area contributed by atoms with Gasteiger partial charge in [0.15, 0.2) is 10.4 Å². The summed E-state index contributed by atoms with van der Waals surface area (Å²) in [6, 6.07) is 3.41. The molecule has 2 rings (SSSR count). The second-order valence-corrected chi connectivity index (χ2v) is 5.89. The molecule has 1 aliphatic carbocycles. The van der Waals surface area contributed by atoms with Crippen LogP contribution in [0.3, 0.4) is 0 Å². The van der Waals surface area contributed by atoms with Crippen LogP contribution in [0.2, 0.25) is 0 Å². The molecule has 0 saturated heterocycles. The molecule has 1 heterocycles. The van der Waals surface area contributed by atoms with Crippen LogP contribution in [0.15, 0.2) is 21.2 Å². The summed E-state index contributed by atoms with van der Waals surface area (Å²) in [5, 5.41) is 2.98. The topological polar surface area (TPSA) is 45.5 Å². The molecule has 1 N–H and O–H groups in total. The highest BCUT2D eigenvalue weighted by molar-refractivity contribution is 9.10. The molecule has 5 heteroatoms. The second-order valence-electron chi connectivity index (χ2n) is 5.11. The number of nitrogens with one attached hydrogen (secondary N) is 1. The van der Waals surface area contributed by atoms with E-state index in [-0.39, 0.29) is 11.4 Å². The Labute approximate surface area is 116 Å². The first kappa shape index (κ1) is 13.6. The summed E-state index contributed by atoms with van der Waals surface area (Å²) in [7, 11) is 4.17. The minimum atomic E-state index is -0.145. The smallest absolute Gasteiger partial charge is 0.287 e. The Bertz CT molecular complexity index is 422. The van der Waals surface area contributed by atoms with Crippen molar-refractivity contribution >= 4 is 21.8 Å². The lowest BCUT2D eigenvalue weighted by molar-refractivity contribution is 0.0872. The monoisotopic (exact) mass is 314 g/mol. The van der Waals surface area contributed by atoms with Gasteiger partial charge in [0.1, 0.15) is 0 Å². The molecule has 1 aromatic heterocycles. The van der Waals surface area contributed by atoms with E-state index in [2.05, 4.69) is 40.2 Å². The number of likely N-dealkylation sites (N-methyl/N-ethyl adjacent to an activating group) is 1. The molecule has 1 amide bonds. The Kier molecular flexibility index (Phi) is 4.12. The minimum Gasteiger partial charge on any atom is -0.444 e. The van der Waals surface area contributed by atoms with Crippen molar-refractivity contribution in [1.29, 1.82) is 0 Å². The van der Waals surface area contributed by atoms with E-state index in [9.17, 15) is 4.79 Å². The zero-order valence-electron chi connectivity index (χ0n) is 10.8. The average Bonchev–Trinajstić information content (AvgIpc) is 2.95. The van der Waals surface area contributed by atoms with Gasteiger partial charge in [0, 0.05) is 12.1 Å². The van der Waals surface area contributed by atoms with Crippen LogP contribution in [0.25, 0.3) is 0 Å². The molecule has 0 spiro atoms. The summed E-state index contributed by atoms with van der Waals surface area (Å²) in [4.78, 5) is 14.2. The molecule has 0 atom stereocenters. The summed E-state index contributed by atoms with van der Waals surface area (Å²) in [6.07, 6.45) is 4.75. The maximum Gasteiger partial charge on any atom is 0.287 e. The van der Waals surface area contributed by atoms with Gasteiger partial charge >= 0.3 is 0 Å². The quantitative estimate of drug-likeness (QED) is 0.929. The minimum absolute atomic E-state index is 0.111. The van der Waals surface area contributed by atoms with Gasteiger partial charge in [0.05, 0.1) is 0 Å². The molecule has 1 aromatic rings. The summed E-state index contributed by atoms with van der Waals surface area (Å²) in [6.45, 7) is 0.678. The number of carbonyl (C=O) groups excluding carboxylic acids is 1. The van der Waals surface area contributed by atoms with E-state index in [4.69, 9.17) is 4.42 Å². The van der Waals surface area contributed by atoms with E-state index in [1.807, 2.05) is 0 Å².